The number of carbonyl (C=O) groups is 2. The molecule has 0 aromatic heterocycles. The summed E-state index contributed by atoms with van der Waals surface area (Å²) in [7, 11) is 1.30. The number of likely N-dealkylation sites (tertiary alicyclic amines) is 1. The molecule has 2 rings (SSSR count). The van der Waals surface area contributed by atoms with Gasteiger partial charge in [-0.25, -0.2) is 4.79 Å². The Kier molecular flexibility index (Phi) is 2.46. The number of hydrogen-bond donors (Lipinski definition) is 1. The standard InChI is InChI=1S/C11H13NO4/c1-16-10(15)12-6-8-4-2-3-5-11(8,7-12)9(13)14/h2-5,8H,6-7H2,1H3,(H,13,14)/t8-,11-/m1/s1. The molecule has 5 heteroatoms. The first-order valence-corrected chi connectivity index (χ1v) is 5.02. The lowest BCUT2D eigenvalue weighted by atomic mass is 9.75. The van der Waals surface area contributed by atoms with Crippen LogP contribution in [-0.2, 0) is 9.53 Å². The normalized spacial score (nSPS) is 31.3. The van der Waals surface area contributed by atoms with E-state index in [0.29, 0.717) is 6.54 Å². The number of carboxylic acids is 1. The highest BCUT2D eigenvalue weighted by molar-refractivity contribution is 5.81. The van der Waals surface area contributed by atoms with Crippen LogP contribution in [0.15, 0.2) is 24.3 Å². The topological polar surface area (TPSA) is 66.8 Å². The molecule has 16 heavy (non-hydrogen) atoms. The monoisotopic (exact) mass is 223 g/mol. The van der Waals surface area contributed by atoms with Crippen molar-refractivity contribution in [2.45, 2.75) is 0 Å². The highest BCUT2D eigenvalue weighted by atomic mass is 16.5. The van der Waals surface area contributed by atoms with Crippen molar-refractivity contribution >= 4 is 12.1 Å². The largest absolute Gasteiger partial charge is 0.481 e. The number of nitrogens with zero attached hydrogens (tertiary/aromatic N) is 1. The summed E-state index contributed by atoms with van der Waals surface area (Å²) in [6.45, 7) is 0.556. The van der Waals surface area contributed by atoms with E-state index in [-0.39, 0.29) is 12.5 Å². The third kappa shape index (κ3) is 1.39. The van der Waals surface area contributed by atoms with Crippen molar-refractivity contribution in [3.8, 4) is 0 Å². The number of carbonyl (C=O) groups excluding carboxylic acids is 1. The van der Waals surface area contributed by atoms with Crippen molar-refractivity contribution in [3.63, 3.8) is 0 Å². The van der Waals surface area contributed by atoms with Crippen molar-refractivity contribution < 1.29 is 19.4 Å². The summed E-state index contributed by atoms with van der Waals surface area (Å²) >= 11 is 0. The van der Waals surface area contributed by atoms with E-state index in [1.54, 1.807) is 12.2 Å². The average molecular weight is 223 g/mol. The second-order valence-electron chi connectivity index (χ2n) is 4.05. The molecule has 2 aliphatic rings. The minimum Gasteiger partial charge on any atom is -0.481 e. The lowest BCUT2D eigenvalue weighted by Gasteiger charge is -2.26. The van der Waals surface area contributed by atoms with Crippen molar-refractivity contribution in [1.29, 1.82) is 0 Å². The van der Waals surface area contributed by atoms with Gasteiger partial charge in [-0.15, -0.1) is 0 Å². The van der Waals surface area contributed by atoms with Gasteiger partial charge < -0.3 is 14.7 Å². The van der Waals surface area contributed by atoms with E-state index in [4.69, 9.17) is 0 Å². The molecule has 1 aliphatic carbocycles. The van der Waals surface area contributed by atoms with Gasteiger partial charge in [0.15, 0.2) is 0 Å². The van der Waals surface area contributed by atoms with E-state index >= 15 is 0 Å². The van der Waals surface area contributed by atoms with Crippen LogP contribution in [0.2, 0.25) is 0 Å². The van der Waals surface area contributed by atoms with Gasteiger partial charge in [0.05, 0.1) is 7.11 Å². The number of fused-ring (bicyclic) bond motifs is 1. The molecular weight excluding hydrogens is 210 g/mol. The maximum absolute atomic E-state index is 11.4. The molecule has 1 fully saturated rings. The van der Waals surface area contributed by atoms with Gasteiger partial charge in [0.1, 0.15) is 5.41 Å². The average Bonchev–Trinajstić information content (AvgIpc) is 2.68. The van der Waals surface area contributed by atoms with Crippen LogP contribution in [-0.4, -0.2) is 42.3 Å². The number of rotatable bonds is 1. The minimum atomic E-state index is -0.983. The zero-order valence-electron chi connectivity index (χ0n) is 8.92. The summed E-state index contributed by atoms with van der Waals surface area (Å²) in [5.74, 6) is -1.07. The van der Waals surface area contributed by atoms with Gasteiger partial charge in [0.2, 0.25) is 0 Å². The predicted molar refractivity (Wildman–Crippen MR) is 55.8 cm³/mol. The summed E-state index contributed by atoms with van der Waals surface area (Å²) in [4.78, 5) is 24.2. The molecule has 5 nitrogen and oxygen atoms in total. The van der Waals surface area contributed by atoms with Crippen molar-refractivity contribution in [2.24, 2.45) is 11.3 Å². The summed E-state index contributed by atoms with van der Waals surface area (Å²) in [6, 6.07) is 0. The van der Waals surface area contributed by atoms with Gasteiger partial charge in [-0.3, -0.25) is 4.79 Å². The molecule has 1 saturated heterocycles. The molecule has 1 heterocycles. The van der Waals surface area contributed by atoms with Crippen molar-refractivity contribution in [1.82, 2.24) is 4.90 Å². The molecule has 1 aliphatic heterocycles. The first-order valence-electron chi connectivity index (χ1n) is 5.02. The maximum atomic E-state index is 11.4. The molecule has 0 bridgehead atoms. The van der Waals surface area contributed by atoms with Crippen LogP contribution in [0.4, 0.5) is 4.79 Å². The Labute approximate surface area is 93.0 Å². The molecule has 0 aromatic carbocycles. The van der Waals surface area contributed by atoms with Crippen LogP contribution < -0.4 is 0 Å². The number of allylic oxidation sites excluding steroid dienone is 2. The van der Waals surface area contributed by atoms with Crippen LogP contribution in [0.1, 0.15) is 0 Å². The molecule has 1 N–H and O–H groups in total. The zero-order valence-corrected chi connectivity index (χ0v) is 8.92. The maximum Gasteiger partial charge on any atom is 0.409 e. The zero-order chi connectivity index (χ0) is 11.8. The number of methoxy groups -OCH3 is 1. The molecule has 0 radical (unpaired) electrons. The van der Waals surface area contributed by atoms with Crippen LogP contribution in [0.3, 0.4) is 0 Å². The Bertz CT molecular complexity index is 387. The predicted octanol–water partition coefficient (Wildman–Crippen LogP) is 0.882. The van der Waals surface area contributed by atoms with Gasteiger partial charge in [-0.1, -0.05) is 24.3 Å². The van der Waals surface area contributed by atoms with E-state index in [9.17, 15) is 14.7 Å². The van der Waals surface area contributed by atoms with Crippen LogP contribution in [0, 0.1) is 11.3 Å². The summed E-state index contributed by atoms with van der Waals surface area (Å²) in [6.07, 6.45) is 6.54. The molecule has 86 valence electrons. The quantitative estimate of drug-likeness (QED) is 0.716. The van der Waals surface area contributed by atoms with E-state index in [0.717, 1.165) is 0 Å². The second kappa shape index (κ2) is 3.66. The van der Waals surface area contributed by atoms with Crippen LogP contribution in [0.5, 0.6) is 0 Å². The Morgan fingerprint density at radius 1 is 1.50 bits per heavy atom. The van der Waals surface area contributed by atoms with Gasteiger partial charge in [0, 0.05) is 19.0 Å². The molecule has 1 amide bonds. The van der Waals surface area contributed by atoms with Crippen LogP contribution >= 0.6 is 0 Å². The molecule has 0 unspecified atom stereocenters. The van der Waals surface area contributed by atoms with Gasteiger partial charge in [-0.05, 0) is 0 Å². The van der Waals surface area contributed by atoms with Crippen LogP contribution in [0.25, 0.3) is 0 Å². The fourth-order valence-corrected chi connectivity index (χ4v) is 2.30. The van der Waals surface area contributed by atoms with E-state index in [2.05, 4.69) is 4.74 Å². The van der Waals surface area contributed by atoms with Gasteiger partial charge >= 0.3 is 12.1 Å². The van der Waals surface area contributed by atoms with Gasteiger partial charge in [0.25, 0.3) is 0 Å². The Balaban J connectivity index is 2.29. The number of carboxylic acid groups (broad SMARTS) is 1. The molecule has 0 aromatic rings. The first kappa shape index (κ1) is 10.7. The van der Waals surface area contributed by atoms with Crippen molar-refractivity contribution in [2.75, 3.05) is 20.2 Å². The lowest BCUT2D eigenvalue weighted by Crippen LogP contribution is -2.38. The third-order valence-electron chi connectivity index (χ3n) is 3.21. The molecule has 2 atom stereocenters. The Hall–Kier alpha value is -1.78. The number of amides is 1. The molecule has 0 saturated carbocycles. The lowest BCUT2D eigenvalue weighted by molar-refractivity contribution is -0.146. The first-order chi connectivity index (χ1) is 7.60. The van der Waals surface area contributed by atoms with E-state index in [1.165, 1.54) is 12.0 Å². The summed E-state index contributed by atoms with van der Waals surface area (Å²) in [5.41, 5.74) is -0.983. The summed E-state index contributed by atoms with van der Waals surface area (Å²) < 4.78 is 4.61. The van der Waals surface area contributed by atoms with E-state index in [1.807, 2.05) is 12.2 Å². The minimum absolute atomic E-state index is 0.167. The van der Waals surface area contributed by atoms with E-state index < -0.39 is 17.5 Å². The van der Waals surface area contributed by atoms with Crippen molar-refractivity contribution in [3.05, 3.63) is 24.3 Å². The number of aliphatic carboxylic acids is 1. The SMILES string of the molecule is COC(=O)N1C[C@H]2C=CC=C[C@@]2(C(=O)O)C1. The third-order valence-corrected chi connectivity index (χ3v) is 3.21. The Morgan fingerprint density at radius 3 is 2.81 bits per heavy atom. The fraction of sp³-hybridized carbons (Fsp3) is 0.455. The Morgan fingerprint density at radius 2 is 2.25 bits per heavy atom. The summed E-state index contributed by atoms with van der Waals surface area (Å²) in [5, 5.41) is 9.31. The smallest absolute Gasteiger partial charge is 0.409 e. The molecular formula is C11H13NO4. The second-order valence-corrected chi connectivity index (χ2v) is 4.05. The highest BCUT2D eigenvalue weighted by Crippen LogP contribution is 2.40. The number of ether oxygens (including phenoxy) is 1. The number of hydrogen-bond acceptors (Lipinski definition) is 3. The fourth-order valence-electron chi connectivity index (χ4n) is 2.30. The highest BCUT2D eigenvalue weighted by Gasteiger charge is 2.51. The van der Waals surface area contributed by atoms with Gasteiger partial charge in [-0.2, -0.15) is 0 Å². The molecule has 0 spiro atoms.